The summed E-state index contributed by atoms with van der Waals surface area (Å²) in [5.74, 6) is 6.61. The third-order valence-corrected chi connectivity index (χ3v) is 5.36. The first-order valence-electron chi connectivity index (χ1n) is 6.48. The number of rotatable bonds is 6. The van der Waals surface area contributed by atoms with E-state index in [2.05, 4.69) is 33.5 Å². The van der Waals surface area contributed by atoms with Gasteiger partial charge in [-0.15, -0.1) is 11.3 Å². The average Bonchev–Trinajstić information content (AvgIpc) is 2.96. The maximum atomic E-state index is 5.66. The Bertz CT molecular complexity index is 334. The van der Waals surface area contributed by atoms with Crippen LogP contribution in [0.3, 0.4) is 0 Å². The molecule has 1 aromatic rings. The molecule has 1 saturated carbocycles. The number of hydrazine groups is 1. The fourth-order valence-corrected chi connectivity index (χ4v) is 4.25. The van der Waals surface area contributed by atoms with Gasteiger partial charge in [0.25, 0.3) is 0 Å². The first-order chi connectivity index (χ1) is 8.28. The van der Waals surface area contributed by atoms with Crippen molar-refractivity contribution in [2.45, 2.75) is 51.0 Å². The number of halogens is 1. The second kappa shape index (κ2) is 6.88. The van der Waals surface area contributed by atoms with E-state index in [0.717, 1.165) is 12.3 Å². The Morgan fingerprint density at radius 3 is 2.76 bits per heavy atom. The molecule has 1 atom stereocenters. The lowest BCUT2D eigenvalue weighted by Crippen LogP contribution is -2.36. The molecule has 0 radical (unpaired) electrons. The highest BCUT2D eigenvalue weighted by Gasteiger charge is 2.17. The monoisotopic (exact) mass is 316 g/mol. The number of hydrogen-bond donors (Lipinski definition) is 2. The summed E-state index contributed by atoms with van der Waals surface area (Å²) in [5, 5.41) is 0. The third kappa shape index (κ3) is 4.36. The molecule has 1 unspecified atom stereocenters. The van der Waals surface area contributed by atoms with Gasteiger partial charge in [0.2, 0.25) is 0 Å². The van der Waals surface area contributed by atoms with Crippen LogP contribution < -0.4 is 11.3 Å². The smallest absolute Gasteiger partial charge is 0.0701 e. The van der Waals surface area contributed by atoms with Gasteiger partial charge in [0.15, 0.2) is 0 Å². The Morgan fingerprint density at radius 2 is 2.18 bits per heavy atom. The molecule has 4 heteroatoms. The lowest BCUT2D eigenvalue weighted by molar-refractivity contribution is 0.408. The predicted octanol–water partition coefficient (Wildman–Crippen LogP) is 3.86. The van der Waals surface area contributed by atoms with Gasteiger partial charge in [-0.05, 0) is 53.2 Å². The fraction of sp³-hybridized carbons (Fsp3) is 0.692. The summed E-state index contributed by atoms with van der Waals surface area (Å²) in [7, 11) is 0. The van der Waals surface area contributed by atoms with E-state index in [1.807, 2.05) is 11.3 Å². The van der Waals surface area contributed by atoms with Gasteiger partial charge >= 0.3 is 0 Å². The minimum absolute atomic E-state index is 0.432. The molecule has 0 bridgehead atoms. The van der Waals surface area contributed by atoms with E-state index >= 15 is 0 Å². The molecule has 0 spiro atoms. The highest BCUT2D eigenvalue weighted by molar-refractivity contribution is 9.11. The van der Waals surface area contributed by atoms with Crippen molar-refractivity contribution in [2.75, 3.05) is 0 Å². The van der Waals surface area contributed by atoms with Crippen molar-refractivity contribution in [3.63, 3.8) is 0 Å². The molecular formula is C13H21BrN2S. The van der Waals surface area contributed by atoms with E-state index < -0.39 is 0 Å². The van der Waals surface area contributed by atoms with Crippen molar-refractivity contribution in [3.05, 3.63) is 20.8 Å². The van der Waals surface area contributed by atoms with Gasteiger partial charge in [-0.2, -0.15) is 0 Å². The van der Waals surface area contributed by atoms with Crippen LogP contribution in [0.25, 0.3) is 0 Å². The molecule has 2 rings (SSSR count). The second-order valence-electron chi connectivity index (χ2n) is 5.00. The van der Waals surface area contributed by atoms with Gasteiger partial charge in [-0.1, -0.05) is 25.7 Å². The van der Waals surface area contributed by atoms with Crippen LogP contribution in [0.4, 0.5) is 0 Å². The van der Waals surface area contributed by atoms with Gasteiger partial charge < -0.3 is 0 Å². The van der Waals surface area contributed by atoms with Gasteiger partial charge in [0, 0.05) is 10.9 Å². The molecule has 1 aliphatic carbocycles. The molecule has 0 aromatic carbocycles. The summed E-state index contributed by atoms with van der Waals surface area (Å²) in [4.78, 5) is 1.41. The highest BCUT2D eigenvalue weighted by Crippen LogP contribution is 2.30. The Morgan fingerprint density at radius 1 is 1.41 bits per heavy atom. The van der Waals surface area contributed by atoms with E-state index in [9.17, 15) is 0 Å². The number of nitrogens with one attached hydrogen (secondary N) is 1. The first-order valence-corrected chi connectivity index (χ1v) is 8.09. The molecule has 0 amide bonds. The van der Waals surface area contributed by atoms with Crippen molar-refractivity contribution in [2.24, 2.45) is 11.8 Å². The van der Waals surface area contributed by atoms with Gasteiger partial charge in [0.05, 0.1) is 3.79 Å². The van der Waals surface area contributed by atoms with Gasteiger partial charge in [-0.25, -0.2) is 0 Å². The predicted molar refractivity (Wildman–Crippen MR) is 78.0 cm³/mol. The van der Waals surface area contributed by atoms with Crippen molar-refractivity contribution < 1.29 is 0 Å². The molecular weight excluding hydrogens is 296 g/mol. The summed E-state index contributed by atoms with van der Waals surface area (Å²) in [5.41, 5.74) is 2.98. The average molecular weight is 317 g/mol. The maximum Gasteiger partial charge on any atom is 0.0701 e. The van der Waals surface area contributed by atoms with Crippen LogP contribution >= 0.6 is 27.3 Å². The quantitative estimate of drug-likeness (QED) is 0.618. The minimum atomic E-state index is 0.432. The number of hydrogen-bond acceptors (Lipinski definition) is 3. The normalized spacial score (nSPS) is 18.7. The molecule has 1 heterocycles. The summed E-state index contributed by atoms with van der Waals surface area (Å²) in [6.07, 6.45) is 9.33. The van der Waals surface area contributed by atoms with Crippen molar-refractivity contribution >= 4 is 27.3 Å². The van der Waals surface area contributed by atoms with Gasteiger partial charge in [0.1, 0.15) is 0 Å². The zero-order valence-corrected chi connectivity index (χ0v) is 12.5. The molecule has 1 aromatic heterocycles. The Kier molecular flexibility index (Phi) is 5.48. The number of nitrogens with two attached hydrogens (primary N) is 1. The van der Waals surface area contributed by atoms with Crippen molar-refractivity contribution in [1.82, 2.24) is 5.43 Å². The Labute approximate surface area is 116 Å². The summed E-state index contributed by atoms with van der Waals surface area (Å²) >= 11 is 5.31. The standard InChI is InChI=1S/C13H21BrN2S/c14-13-8-7-12(17-13)9-11(16-15)6-5-10-3-1-2-4-10/h7-8,10-11,16H,1-6,9,15H2. The molecule has 3 N–H and O–H groups in total. The molecule has 0 aliphatic heterocycles. The van der Waals surface area contributed by atoms with Crippen molar-refractivity contribution in [3.8, 4) is 0 Å². The summed E-state index contributed by atoms with van der Waals surface area (Å²) in [6, 6.07) is 4.74. The largest absolute Gasteiger partial charge is 0.271 e. The zero-order valence-electron chi connectivity index (χ0n) is 10.1. The van der Waals surface area contributed by atoms with E-state index in [4.69, 9.17) is 5.84 Å². The SMILES string of the molecule is NNC(CCC1CCCC1)Cc1ccc(Br)s1. The summed E-state index contributed by atoms with van der Waals surface area (Å²) < 4.78 is 1.21. The van der Waals surface area contributed by atoms with E-state index in [1.54, 1.807) is 0 Å². The Balaban J connectivity index is 1.75. The number of thiophene rings is 1. The van der Waals surface area contributed by atoms with Crippen LogP contribution in [-0.2, 0) is 6.42 Å². The minimum Gasteiger partial charge on any atom is -0.271 e. The first kappa shape index (κ1) is 13.5. The molecule has 1 fully saturated rings. The lowest BCUT2D eigenvalue weighted by atomic mass is 9.97. The maximum absolute atomic E-state index is 5.66. The molecule has 96 valence electrons. The zero-order chi connectivity index (χ0) is 12.1. The van der Waals surface area contributed by atoms with Crippen LogP contribution in [0.15, 0.2) is 15.9 Å². The van der Waals surface area contributed by atoms with E-state index in [1.165, 1.54) is 47.2 Å². The van der Waals surface area contributed by atoms with Crippen LogP contribution in [0.1, 0.15) is 43.4 Å². The van der Waals surface area contributed by atoms with Crippen LogP contribution in [-0.4, -0.2) is 6.04 Å². The fourth-order valence-electron chi connectivity index (χ4n) is 2.68. The highest BCUT2D eigenvalue weighted by atomic mass is 79.9. The van der Waals surface area contributed by atoms with Gasteiger partial charge in [-0.3, -0.25) is 11.3 Å². The molecule has 17 heavy (non-hydrogen) atoms. The summed E-state index contributed by atoms with van der Waals surface area (Å²) in [6.45, 7) is 0. The van der Waals surface area contributed by atoms with Crippen LogP contribution in [0.2, 0.25) is 0 Å². The molecule has 0 saturated heterocycles. The molecule has 2 nitrogen and oxygen atoms in total. The van der Waals surface area contributed by atoms with E-state index in [-0.39, 0.29) is 0 Å². The van der Waals surface area contributed by atoms with Crippen LogP contribution in [0, 0.1) is 5.92 Å². The lowest BCUT2D eigenvalue weighted by Gasteiger charge is -2.17. The third-order valence-electron chi connectivity index (χ3n) is 3.71. The Hall–Kier alpha value is 0.1000. The molecule has 1 aliphatic rings. The van der Waals surface area contributed by atoms with Crippen molar-refractivity contribution in [1.29, 1.82) is 0 Å². The topological polar surface area (TPSA) is 38.0 Å². The second-order valence-corrected chi connectivity index (χ2v) is 7.55. The van der Waals surface area contributed by atoms with Crippen LogP contribution in [0.5, 0.6) is 0 Å². The van der Waals surface area contributed by atoms with E-state index in [0.29, 0.717) is 6.04 Å².